The molecule has 0 saturated carbocycles. The second kappa shape index (κ2) is 10.3. The van der Waals surface area contributed by atoms with Gasteiger partial charge in [-0.05, 0) is 48.9 Å². The molecule has 2 N–H and O–H groups in total. The molecule has 0 aliphatic heterocycles. The van der Waals surface area contributed by atoms with Crippen LogP contribution in [-0.4, -0.2) is 30.9 Å². The fourth-order valence-electron chi connectivity index (χ4n) is 2.25. The smallest absolute Gasteiger partial charge is 0.326 e. The number of hydrogen-bond acceptors (Lipinski definition) is 2. The first-order valence-corrected chi connectivity index (χ1v) is 9.31. The van der Waals surface area contributed by atoms with Crippen LogP contribution in [0.15, 0.2) is 42.5 Å². The molecule has 2 aromatic rings. The Morgan fingerprint density at radius 3 is 2.37 bits per heavy atom. The number of alkyl halides is 1. The average Bonchev–Trinajstić information content (AvgIpc) is 2.65. The summed E-state index contributed by atoms with van der Waals surface area (Å²) in [6.45, 7) is 0.644. The minimum Gasteiger partial charge on any atom is -0.355 e. The highest BCUT2D eigenvalue weighted by molar-refractivity contribution is 6.42. The summed E-state index contributed by atoms with van der Waals surface area (Å²) in [7, 11) is 0. The minimum absolute atomic E-state index is 0.126. The number of amides is 3. The van der Waals surface area contributed by atoms with Gasteiger partial charge in [-0.15, -0.1) is 11.6 Å². The Kier molecular flexibility index (Phi) is 8.16. The molecule has 0 radical (unpaired) electrons. The van der Waals surface area contributed by atoms with Crippen LogP contribution in [0, 0.1) is 5.82 Å². The normalized spacial score (nSPS) is 10.4. The molecule has 0 aliphatic carbocycles. The van der Waals surface area contributed by atoms with Crippen LogP contribution in [-0.2, 0) is 4.79 Å². The topological polar surface area (TPSA) is 61.4 Å². The van der Waals surface area contributed by atoms with Crippen molar-refractivity contribution in [1.82, 2.24) is 5.32 Å². The maximum atomic E-state index is 13.2. The summed E-state index contributed by atoms with van der Waals surface area (Å²) in [5.74, 6) is -0.817. The Morgan fingerprint density at radius 1 is 1.04 bits per heavy atom. The van der Waals surface area contributed by atoms with Crippen molar-refractivity contribution in [2.45, 2.75) is 6.42 Å². The van der Waals surface area contributed by atoms with E-state index in [-0.39, 0.29) is 11.8 Å². The fraction of sp³-hybridized carbons (Fsp3) is 0.222. The van der Waals surface area contributed by atoms with Gasteiger partial charge in [0.05, 0.1) is 10.0 Å². The van der Waals surface area contributed by atoms with Gasteiger partial charge in [0.1, 0.15) is 11.7 Å². The van der Waals surface area contributed by atoms with Crippen molar-refractivity contribution in [3.8, 4) is 0 Å². The van der Waals surface area contributed by atoms with Gasteiger partial charge in [-0.2, -0.15) is 0 Å². The Balaban J connectivity index is 2.09. The van der Waals surface area contributed by atoms with Crippen molar-refractivity contribution >= 4 is 58.1 Å². The van der Waals surface area contributed by atoms with Crippen LogP contribution in [0.1, 0.15) is 6.42 Å². The molecular weight excluding hydrogens is 416 g/mol. The first-order valence-electron chi connectivity index (χ1n) is 8.02. The van der Waals surface area contributed by atoms with E-state index in [9.17, 15) is 14.0 Å². The van der Waals surface area contributed by atoms with E-state index in [0.29, 0.717) is 40.9 Å². The van der Waals surface area contributed by atoms with E-state index in [0.717, 1.165) is 0 Å². The Bertz CT molecular complexity index is 803. The Morgan fingerprint density at radius 2 is 1.74 bits per heavy atom. The third-order valence-corrected chi connectivity index (χ3v) is 4.54. The van der Waals surface area contributed by atoms with E-state index in [1.165, 1.54) is 35.2 Å². The van der Waals surface area contributed by atoms with Crippen LogP contribution >= 0.6 is 34.8 Å². The molecule has 2 rings (SSSR count). The van der Waals surface area contributed by atoms with Gasteiger partial charge in [-0.25, -0.2) is 9.18 Å². The lowest BCUT2D eigenvalue weighted by Crippen LogP contribution is -2.37. The quantitative estimate of drug-likeness (QED) is 0.482. The summed E-state index contributed by atoms with van der Waals surface area (Å²) in [5.41, 5.74) is 0.981. The lowest BCUT2D eigenvalue weighted by atomic mass is 10.2. The predicted molar refractivity (Wildman–Crippen MR) is 108 cm³/mol. The number of carbonyl (C=O) groups is 2. The summed E-state index contributed by atoms with van der Waals surface area (Å²) < 4.78 is 13.2. The molecule has 2 aromatic carbocycles. The number of hydrogen-bond donors (Lipinski definition) is 2. The van der Waals surface area contributed by atoms with Crippen molar-refractivity contribution in [1.29, 1.82) is 0 Å². The first kappa shape index (κ1) is 21.3. The van der Waals surface area contributed by atoms with Gasteiger partial charge in [-0.3, -0.25) is 9.69 Å². The molecule has 144 valence electrons. The number of anilines is 2. The lowest BCUT2D eigenvalue weighted by Gasteiger charge is -2.23. The van der Waals surface area contributed by atoms with Crippen molar-refractivity contribution in [3.05, 3.63) is 58.3 Å². The molecule has 5 nitrogen and oxygen atoms in total. The van der Waals surface area contributed by atoms with Crippen LogP contribution in [0.4, 0.5) is 20.6 Å². The summed E-state index contributed by atoms with van der Waals surface area (Å²) >= 11 is 17.3. The van der Waals surface area contributed by atoms with Gasteiger partial charge < -0.3 is 10.6 Å². The number of nitrogens with zero attached hydrogens (tertiary/aromatic N) is 1. The zero-order chi connectivity index (χ0) is 19.8. The summed E-state index contributed by atoms with van der Waals surface area (Å²) in [6.07, 6.45) is 0.481. The van der Waals surface area contributed by atoms with E-state index in [1.54, 1.807) is 12.1 Å². The second-order valence-electron chi connectivity index (χ2n) is 5.52. The maximum absolute atomic E-state index is 13.2. The van der Waals surface area contributed by atoms with Gasteiger partial charge >= 0.3 is 6.03 Å². The van der Waals surface area contributed by atoms with Crippen molar-refractivity contribution in [2.24, 2.45) is 0 Å². The summed E-state index contributed by atoms with van der Waals surface area (Å²) in [6, 6.07) is 9.84. The maximum Gasteiger partial charge on any atom is 0.326 e. The molecule has 0 atom stereocenters. The minimum atomic E-state index is -0.427. The molecule has 0 fully saturated rings. The molecule has 3 amide bonds. The molecule has 0 unspecified atom stereocenters. The van der Waals surface area contributed by atoms with Crippen LogP contribution < -0.4 is 15.5 Å². The lowest BCUT2D eigenvalue weighted by molar-refractivity contribution is -0.118. The zero-order valence-electron chi connectivity index (χ0n) is 14.1. The van der Waals surface area contributed by atoms with E-state index in [4.69, 9.17) is 34.8 Å². The monoisotopic (exact) mass is 431 g/mol. The van der Waals surface area contributed by atoms with Gasteiger partial charge in [0.2, 0.25) is 5.91 Å². The van der Waals surface area contributed by atoms with Crippen LogP contribution in [0.25, 0.3) is 0 Å². The van der Waals surface area contributed by atoms with Gasteiger partial charge in [0, 0.05) is 24.5 Å². The van der Waals surface area contributed by atoms with Crippen molar-refractivity contribution in [2.75, 3.05) is 29.2 Å². The van der Waals surface area contributed by atoms with Crippen LogP contribution in [0.5, 0.6) is 0 Å². The van der Waals surface area contributed by atoms with Crippen LogP contribution in [0.3, 0.4) is 0 Å². The number of carbonyl (C=O) groups excluding carboxylic acids is 2. The molecule has 27 heavy (non-hydrogen) atoms. The third kappa shape index (κ3) is 6.57. The number of nitrogens with one attached hydrogen (secondary N) is 2. The largest absolute Gasteiger partial charge is 0.355 e. The molecule has 0 saturated heterocycles. The molecule has 0 bridgehead atoms. The van der Waals surface area contributed by atoms with Gasteiger partial charge in [-0.1, -0.05) is 23.2 Å². The predicted octanol–water partition coefficient (Wildman–Crippen LogP) is 4.92. The number of rotatable bonds is 7. The number of benzene rings is 2. The van der Waals surface area contributed by atoms with E-state index in [2.05, 4.69) is 10.6 Å². The summed E-state index contributed by atoms with van der Waals surface area (Å²) in [4.78, 5) is 25.4. The molecule has 0 heterocycles. The third-order valence-electron chi connectivity index (χ3n) is 3.56. The number of urea groups is 1. The SMILES string of the molecule is O=C(CCl)NCCCN(C(=O)Nc1ccc(Cl)c(Cl)c1)c1ccc(F)cc1. The van der Waals surface area contributed by atoms with Gasteiger partial charge in [0.15, 0.2) is 0 Å². The Hall–Kier alpha value is -2.02. The molecule has 0 aliphatic rings. The standard InChI is InChI=1S/C18H17Cl3FN3O2/c19-11-17(26)23-8-1-9-25(14-5-2-12(22)3-6-14)18(27)24-13-4-7-15(20)16(21)10-13/h2-7,10H,1,8-9,11H2,(H,23,26)(H,24,27). The van der Waals surface area contributed by atoms with Crippen LogP contribution in [0.2, 0.25) is 10.0 Å². The Labute approximate surface area is 171 Å². The fourth-order valence-corrected chi connectivity index (χ4v) is 2.64. The van der Waals surface area contributed by atoms with Crippen molar-refractivity contribution in [3.63, 3.8) is 0 Å². The first-order chi connectivity index (χ1) is 12.9. The second-order valence-corrected chi connectivity index (χ2v) is 6.61. The summed E-state index contributed by atoms with van der Waals surface area (Å²) in [5, 5.41) is 6.04. The van der Waals surface area contributed by atoms with E-state index < -0.39 is 11.8 Å². The molecular formula is C18H17Cl3FN3O2. The van der Waals surface area contributed by atoms with E-state index >= 15 is 0 Å². The zero-order valence-corrected chi connectivity index (χ0v) is 16.4. The van der Waals surface area contributed by atoms with Crippen molar-refractivity contribution < 1.29 is 14.0 Å². The average molecular weight is 433 g/mol. The highest BCUT2D eigenvalue weighted by atomic mass is 35.5. The van der Waals surface area contributed by atoms with E-state index in [1.807, 2.05) is 0 Å². The highest BCUT2D eigenvalue weighted by Crippen LogP contribution is 2.25. The molecule has 0 spiro atoms. The highest BCUT2D eigenvalue weighted by Gasteiger charge is 2.16. The van der Waals surface area contributed by atoms with Gasteiger partial charge in [0.25, 0.3) is 0 Å². The molecule has 0 aromatic heterocycles. The number of halogens is 4. The molecule has 9 heteroatoms.